The summed E-state index contributed by atoms with van der Waals surface area (Å²) in [6.45, 7) is 1.84. The molecule has 1 aromatic rings. The largest absolute Gasteiger partial charge is 0.375 e. The second kappa shape index (κ2) is 3.84. The van der Waals surface area contributed by atoms with E-state index in [-0.39, 0.29) is 5.11 Å². The Labute approximate surface area is 99.4 Å². The Morgan fingerprint density at radius 2 is 2.12 bits per heavy atom. The molecule has 0 aliphatic carbocycles. The van der Waals surface area contributed by atoms with Crippen molar-refractivity contribution in [2.75, 3.05) is 0 Å². The first kappa shape index (κ1) is 11.0. The van der Waals surface area contributed by atoms with Gasteiger partial charge in [-0.1, -0.05) is 30.3 Å². The van der Waals surface area contributed by atoms with Crippen molar-refractivity contribution < 1.29 is 5.11 Å². The average Bonchev–Trinajstić information content (AvgIpc) is 2.57. The molecule has 1 aliphatic rings. The van der Waals surface area contributed by atoms with Gasteiger partial charge >= 0.3 is 0 Å². The number of benzene rings is 1. The van der Waals surface area contributed by atoms with Crippen molar-refractivity contribution >= 4 is 23.0 Å². The summed E-state index contributed by atoms with van der Waals surface area (Å²) in [6, 6.07) is 9.27. The van der Waals surface area contributed by atoms with E-state index in [4.69, 9.17) is 18.0 Å². The lowest BCUT2D eigenvalue weighted by molar-refractivity contribution is -0.0564. The molecule has 0 fully saturated rings. The Kier molecular flexibility index (Phi) is 2.65. The van der Waals surface area contributed by atoms with Crippen LogP contribution < -0.4 is 5.73 Å². The van der Waals surface area contributed by atoms with Crippen molar-refractivity contribution in [1.82, 2.24) is 5.01 Å². The lowest BCUT2D eigenvalue weighted by Crippen LogP contribution is -2.45. The molecule has 0 aromatic heterocycles. The number of nitrogens with zero attached hydrogens (tertiary/aromatic N) is 2. The van der Waals surface area contributed by atoms with E-state index < -0.39 is 5.72 Å². The molecule has 0 saturated carbocycles. The van der Waals surface area contributed by atoms with Gasteiger partial charge in [0, 0.05) is 17.7 Å². The molecule has 2 rings (SSSR count). The smallest absolute Gasteiger partial charge is 0.192 e. The van der Waals surface area contributed by atoms with Crippen LogP contribution in [0.3, 0.4) is 0 Å². The zero-order chi connectivity index (χ0) is 11.8. The molecular weight excluding hydrogens is 222 g/mol. The second-order valence-corrected chi connectivity index (χ2v) is 4.26. The van der Waals surface area contributed by atoms with Crippen LogP contribution in [0, 0.1) is 0 Å². The topological polar surface area (TPSA) is 61.8 Å². The summed E-state index contributed by atoms with van der Waals surface area (Å²) in [7, 11) is 0. The molecule has 4 nitrogen and oxygen atoms in total. The summed E-state index contributed by atoms with van der Waals surface area (Å²) in [5, 5.41) is 16.1. The number of hydrogen-bond acceptors (Lipinski definition) is 3. The summed E-state index contributed by atoms with van der Waals surface area (Å²) in [5.41, 5.74) is 5.87. The molecule has 0 spiro atoms. The SMILES string of the molecule is CC1=NN(C(N)=S)C(O)(c2ccccc2)C1. The third-order valence-electron chi connectivity index (χ3n) is 2.57. The van der Waals surface area contributed by atoms with Gasteiger partial charge in [0.25, 0.3) is 0 Å². The van der Waals surface area contributed by atoms with E-state index in [9.17, 15) is 5.11 Å². The molecule has 1 unspecified atom stereocenters. The first-order chi connectivity index (χ1) is 7.54. The van der Waals surface area contributed by atoms with Crippen LogP contribution in [-0.4, -0.2) is 20.9 Å². The highest BCUT2D eigenvalue weighted by Gasteiger charge is 2.42. The average molecular weight is 235 g/mol. The second-order valence-electron chi connectivity index (χ2n) is 3.84. The van der Waals surface area contributed by atoms with Gasteiger partial charge in [-0.3, -0.25) is 0 Å². The molecule has 0 bridgehead atoms. The van der Waals surface area contributed by atoms with Crippen molar-refractivity contribution in [2.45, 2.75) is 19.1 Å². The quantitative estimate of drug-likeness (QED) is 0.717. The van der Waals surface area contributed by atoms with E-state index in [0.717, 1.165) is 11.3 Å². The van der Waals surface area contributed by atoms with E-state index in [2.05, 4.69) is 5.10 Å². The normalized spacial score (nSPS) is 24.4. The van der Waals surface area contributed by atoms with Crippen LogP contribution in [0.25, 0.3) is 0 Å². The molecule has 1 heterocycles. The molecule has 0 amide bonds. The Balaban J connectivity index is 2.43. The van der Waals surface area contributed by atoms with Crippen LogP contribution in [0.15, 0.2) is 35.4 Å². The zero-order valence-electron chi connectivity index (χ0n) is 8.92. The molecule has 5 heteroatoms. The summed E-state index contributed by atoms with van der Waals surface area (Å²) in [6.07, 6.45) is 0.411. The van der Waals surface area contributed by atoms with Gasteiger partial charge in [-0.15, -0.1) is 0 Å². The van der Waals surface area contributed by atoms with Crippen molar-refractivity contribution in [3.8, 4) is 0 Å². The highest BCUT2D eigenvalue weighted by molar-refractivity contribution is 7.80. The standard InChI is InChI=1S/C11H13N3OS/c1-8-7-11(15,14(13-8)10(12)16)9-5-3-2-4-6-9/h2-6,15H,7H2,1H3,(H2,12,16). The number of aliphatic hydroxyl groups is 1. The van der Waals surface area contributed by atoms with Gasteiger partial charge in [0.15, 0.2) is 10.8 Å². The van der Waals surface area contributed by atoms with Gasteiger partial charge in [-0.25, -0.2) is 5.01 Å². The van der Waals surface area contributed by atoms with Gasteiger partial charge in [0.2, 0.25) is 0 Å². The van der Waals surface area contributed by atoms with Crippen LogP contribution >= 0.6 is 12.2 Å². The monoisotopic (exact) mass is 235 g/mol. The lowest BCUT2D eigenvalue weighted by Gasteiger charge is -2.31. The summed E-state index contributed by atoms with van der Waals surface area (Å²) in [4.78, 5) is 0. The molecule has 3 N–H and O–H groups in total. The van der Waals surface area contributed by atoms with Gasteiger partial charge in [-0.2, -0.15) is 5.10 Å². The van der Waals surface area contributed by atoms with Gasteiger partial charge in [0.1, 0.15) is 0 Å². The molecular formula is C11H13N3OS. The van der Waals surface area contributed by atoms with E-state index in [1.807, 2.05) is 37.3 Å². The van der Waals surface area contributed by atoms with Crippen molar-refractivity contribution in [3.63, 3.8) is 0 Å². The maximum Gasteiger partial charge on any atom is 0.192 e. The fourth-order valence-corrected chi connectivity index (χ4v) is 2.07. The minimum absolute atomic E-state index is 0.0724. The van der Waals surface area contributed by atoms with Crippen molar-refractivity contribution in [3.05, 3.63) is 35.9 Å². The molecule has 84 valence electrons. The molecule has 1 aromatic carbocycles. The number of rotatable bonds is 1. The van der Waals surface area contributed by atoms with Crippen LogP contribution in [-0.2, 0) is 5.72 Å². The van der Waals surface area contributed by atoms with E-state index in [1.54, 1.807) is 0 Å². The summed E-state index contributed by atoms with van der Waals surface area (Å²) < 4.78 is 0. The van der Waals surface area contributed by atoms with Gasteiger partial charge < -0.3 is 10.8 Å². The van der Waals surface area contributed by atoms with Gasteiger partial charge in [-0.05, 0) is 19.1 Å². The summed E-state index contributed by atoms with van der Waals surface area (Å²) >= 11 is 4.89. The Hall–Kier alpha value is -1.46. The van der Waals surface area contributed by atoms with Crippen LogP contribution in [0.1, 0.15) is 18.9 Å². The predicted octanol–water partition coefficient (Wildman–Crippen LogP) is 1.16. The third-order valence-corrected chi connectivity index (χ3v) is 2.74. The first-order valence-corrected chi connectivity index (χ1v) is 5.36. The Bertz CT molecular complexity index is 446. The molecule has 1 aliphatic heterocycles. The van der Waals surface area contributed by atoms with Gasteiger partial charge in [0.05, 0.1) is 0 Å². The van der Waals surface area contributed by atoms with E-state index in [1.165, 1.54) is 5.01 Å². The predicted molar refractivity (Wildman–Crippen MR) is 66.7 cm³/mol. The number of nitrogens with two attached hydrogens (primary N) is 1. The fourth-order valence-electron chi connectivity index (χ4n) is 1.88. The number of hydrogen-bond donors (Lipinski definition) is 2. The van der Waals surface area contributed by atoms with Crippen molar-refractivity contribution in [1.29, 1.82) is 0 Å². The maximum absolute atomic E-state index is 10.6. The molecule has 1 atom stereocenters. The Morgan fingerprint density at radius 3 is 2.69 bits per heavy atom. The van der Waals surface area contributed by atoms with Crippen LogP contribution in [0.5, 0.6) is 0 Å². The molecule has 16 heavy (non-hydrogen) atoms. The Morgan fingerprint density at radius 1 is 1.50 bits per heavy atom. The van der Waals surface area contributed by atoms with E-state index >= 15 is 0 Å². The molecule has 0 radical (unpaired) electrons. The zero-order valence-corrected chi connectivity index (χ0v) is 9.74. The minimum Gasteiger partial charge on any atom is -0.375 e. The maximum atomic E-state index is 10.6. The number of thiocarbonyl (C=S) groups is 1. The van der Waals surface area contributed by atoms with Crippen LogP contribution in [0.4, 0.5) is 0 Å². The van der Waals surface area contributed by atoms with Crippen LogP contribution in [0.2, 0.25) is 0 Å². The number of hydrazone groups is 1. The fraction of sp³-hybridized carbons (Fsp3) is 0.273. The summed E-state index contributed by atoms with van der Waals surface area (Å²) in [5.74, 6) is 0. The highest BCUT2D eigenvalue weighted by Crippen LogP contribution is 2.34. The molecule has 0 saturated heterocycles. The third kappa shape index (κ3) is 1.68. The highest BCUT2D eigenvalue weighted by atomic mass is 32.1. The van der Waals surface area contributed by atoms with E-state index in [0.29, 0.717) is 6.42 Å². The van der Waals surface area contributed by atoms with Crippen molar-refractivity contribution in [2.24, 2.45) is 10.8 Å². The first-order valence-electron chi connectivity index (χ1n) is 4.96. The lowest BCUT2D eigenvalue weighted by atomic mass is 9.98. The minimum atomic E-state index is -1.24.